The molecule has 0 spiro atoms. The van der Waals surface area contributed by atoms with Crippen LogP contribution in [0.4, 0.5) is 8.78 Å². The molecule has 1 atom stereocenters. The Kier molecular flexibility index (Phi) is 8.84. The molecule has 0 aliphatic rings. The number of thioether (sulfide) groups is 1. The second-order valence-corrected chi connectivity index (χ2v) is 12.4. The molecule has 5 aromatic rings. The Morgan fingerprint density at radius 3 is 2.22 bits per heavy atom. The van der Waals surface area contributed by atoms with Gasteiger partial charge in [-0.15, -0.1) is 10.2 Å². The molecule has 1 unspecified atom stereocenters. The van der Waals surface area contributed by atoms with Gasteiger partial charge in [0.2, 0.25) is 10.0 Å². The van der Waals surface area contributed by atoms with E-state index >= 15 is 0 Å². The van der Waals surface area contributed by atoms with E-state index in [1.54, 1.807) is 28.8 Å². The summed E-state index contributed by atoms with van der Waals surface area (Å²) in [5.74, 6) is -0.0332. The number of sulfonamides is 1. The molecule has 41 heavy (non-hydrogen) atoms. The van der Waals surface area contributed by atoms with Gasteiger partial charge in [-0.3, -0.25) is 4.57 Å². The molecule has 0 aliphatic heterocycles. The molecule has 1 N–H and O–H groups in total. The maximum atomic E-state index is 13.6. The SMILES string of the molecule is Cc1ccc(Cl)cc1-n1c(SCc2ccc(F)cc2)nnc1C(Cc1ccccc1)NS(=O)(=O)c1ccc(F)cc1. The molecular weight excluding hydrogens is 586 g/mol. The first-order valence-electron chi connectivity index (χ1n) is 12.6. The number of nitrogens with one attached hydrogen (secondary N) is 1. The highest BCUT2D eigenvalue weighted by Gasteiger charge is 2.29. The fraction of sp³-hybridized carbons (Fsp3) is 0.133. The van der Waals surface area contributed by atoms with Crippen LogP contribution in [-0.4, -0.2) is 23.2 Å². The molecule has 0 saturated carbocycles. The minimum Gasteiger partial charge on any atom is -0.272 e. The van der Waals surface area contributed by atoms with Crippen LogP contribution in [0.15, 0.2) is 107 Å². The second-order valence-electron chi connectivity index (χ2n) is 9.34. The van der Waals surface area contributed by atoms with Gasteiger partial charge in [0.05, 0.1) is 16.6 Å². The molecule has 6 nitrogen and oxygen atoms in total. The third kappa shape index (κ3) is 7.02. The van der Waals surface area contributed by atoms with Crippen LogP contribution < -0.4 is 4.72 Å². The number of halogens is 3. The molecular formula is C30H25ClF2N4O2S2. The molecule has 11 heteroatoms. The van der Waals surface area contributed by atoms with Gasteiger partial charge in [0, 0.05) is 10.8 Å². The molecule has 0 bridgehead atoms. The lowest BCUT2D eigenvalue weighted by molar-refractivity contribution is 0.537. The zero-order valence-electron chi connectivity index (χ0n) is 21.8. The Balaban J connectivity index is 1.60. The van der Waals surface area contributed by atoms with Crippen molar-refractivity contribution in [3.05, 3.63) is 136 Å². The third-order valence-corrected chi connectivity index (χ3v) is 9.09. The van der Waals surface area contributed by atoms with Gasteiger partial charge in [0.25, 0.3) is 0 Å². The fourth-order valence-electron chi connectivity index (χ4n) is 4.28. The summed E-state index contributed by atoms with van der Waals surface area (Å²) in [5, 5.41) is 9.93. The van der Waals surface area contributed by atoms with Crippen molar-refractivity contribution in [3.8, 4) is 5.69 Å². The Morgan fingerprint density at radius 1 is 0.878 bits per heavy atom. The Bertz CT molecular complexity index is 1750. The van der Waals surface area contributed by atoms with Crippen molar-refractivity contribution in [2.75, 3.05) is 0 Å². The summed E-state index contributed by atoms with van der Waals surface area (Å²) in [6.07, 6.45) is 0.266. The van der Waals surface area contributed by atoms with Crippen molar-refractivity contribution in [2.45, 2.75) is 35.2 Å². The van der Waals surface area contributed by atoms with Gasteiger partial charge in [-0.1, -0.05) is 71.9 Å². The zero-order valence-corrected chi connectivity index (χ0v) is 24.2. The van der Waals surface area contributed by atoms with Crippen molar-refractivity contribution in [1.29, 1.82) is 0 Å². The van der Waals surface area contributed by atoms with Crippen LogP contribution in [-0.2, 0) is 22.2 Å². The minimum atomic E-state index is -4.08. The normalized spacial score (nSPS) is 12.4. The number of rotatable bonds is 10. The van der Waals surface area contributed by atoms with Crippen LogP contribution in [0.2, 0.25) is 5.02 Å². The zero-order chi connectivity index (χ0) is 29.0. The van der Waals surface area contributed by atoms with Crippen LogP contribution in [0.1, 0.15) is 28.6 Å². The average molecular weight is 611 g/mol. The monoisotopic (exact) mass is 610 g/mol. The van der Waals surface area contributed by atoms with Crippen molar-refractivity contribution in [2.24, 2.45) is 0 Å². The van der Waals surface area contributed by atoms with Gasteiger partial charge < -0.3 is 0 Å². The van der Waals surface area contributed by atoms with E-state index in [2.05, 4.69) is 14.9 Å². The lowest BCUT2D eigenvalue weighted by atomic mass is 10.1. The summed E-state index contributed by atoms with van der Waals surface area (Å²) in [4.78, 5) is -0.0760. The molecule has 0 saturated heterocycles. The van der Waals surface area contributed by atoms with E-state index in [-0.39, 0.29) is 17.1 Å². The number of aryl methyl sites for hydroxylation is 1. The van der Waals surface area contributed by atoms with E-state index in [0.29, 0.717) is 27.4 Å². The Labute approximate surface area is 246 Å². The minimum absolute atomic E-state index is 0.0760. The molecule has 0 fully saturated rings. The average Bonchev–Trinajstić information content (AvgIpc) is 3.38. The summed E-state index contributed by atoms with van der Waals surface area (Å²) < 4.78 is 58.5. The topological polar surface area (TPSA) is 76.9 Å². The van der Waals surface area contributed by atoms with Crippen molar-refractivity contribution >= 4 is 33.4 Å². The van der Waals surface area contributed by atoms with Crippen LogP contribution in [0.25, 0.3) is 5.69 Å². The van der Waals surface area contributed by atoms with Gasteiger partial charge in [0.1, 0.15) is 11.6 Å². The van der Waals surface area contributed by atoms with Crippen LogP contribution in [0, 0.1) is 18.6 Å². The predicted molar refractivity (Wildman–Crippen MR) is 157 cm³/mol. The third-order valence-electron chi connectivity index (χ3n) is 6.37. The van der Waals surface area contributed by atoms with Gasteiger partial charge in [0.15, 0.2) is 11.0 Å². The molecule has 1 heterocycles. The van der Waals surface area contributed by atoms with Crippen molar-refractivity contribution in [1.82, 2.24) is 19.5 Å². The van der Waals surface area contributed by atoms with Crippen molar-refractivity contribution in [3.63, 3.8) is 0 Å². The van der Waals surface area contributed by atoms with Gasteiger partial charge in [-0.25, -0.2) is 21.9 Å². The van der Waals surface area contributed by atoms with Gasteiger partial charge in [-0.2, -0.15) is 0 Å². The van der Waals surface area contributed by atoms with Gasteiger partial charge >= 0.3 is 0 Å². The first-order valence-corrected chi connectivity index (χ1v) is 15.5. The number of hydrogen-bond acceptors (Lipinski definition) is 5. The Morgan fingerprint density at radius 2 is 1.54 bits per heavy atom. The molecule has 0 amide bonds. The highest BCUT2D eigenvalue weighted by atomic mass is 35.5. The maximum Gasteiger partial charge on any atom is 0.241 e. The second kappa shape index (κ2) is 12.5. The smallest absolute Gasteiger partial charge is 0.241 e. The molecule has 4 aromatic carbocycles. The fourth-order valence-corrected chi connectivity index (χ4v) is 6.55. The first kappa shape index (κ1) is 28.9. The maximum absolute atomic E-state index is 13.6. The van der Waals surface area contributed by atoms with Gasteiger partial charge in [-0.05, 0) is 78.6 Å². The lowest BCUT2D eigenvalue weighted by Crippen LogP contribution is -2.32. The summed E-state index contributed by atoms with van der Waals surface area (Å²) in [7, 11) is -4.08. The van der Waals surface area contributed by atoms with Crippen LogP contribution in [0.3, 0.4) is 0 Å². The quantitative estimate of drug-likeness (QED) is 0.171. The predicted octanol–water partition coefficient (Wildman–Crippen LogP) is 7.06. The standard InChI is InChI=1S/C30H25ClF2N4O2S2/c1-20-7-10-23(31)18-28(20)37-29(34-35-30(37)40-19-22-8-11-24(32)12-9-22)27(17-21-5-3-2-4-6-21)36-41(38,39)26-15-13-25(33)14-16-26/h2-16,18,27,36H,17,19H2,1H3. The van der Waals surface area contributed by atoms with E-state index in [9.17, 15) is 17.2 Å². The largest absolute Gasteiger partial charge is 0.272 e. The summed E-state index contributed by atoms with van der Waals surface area (Å²) >= 11 is 7.78. The van der Waals surface area contributed by atoms with E-state index in [0.717, 1.165) is 28.8 Å². The number of hydrogen-bond donors (Lipinski definition) is 1. The van der Waals surface area contributed by atoms with Crippen molar-refractivity contribution < 1.29 is 17.2 Å². The molecule has 5 rings (SSSR count). The van der Waals surface area contributed by atoms with E-state index in [4.69, 9.17) is 11.6 Å². The van der Waals surface area contributed by atoms with E-state index in [1.807, 2.05) is 43.3 Å². The molecule has 0 aliphatic carbocycles. The number of nitrogens with zero attached hydrogens (tertiary/aromatic N) is 3. The highest BCUT2D eigenvalue weighted by Crippen LogP contribution is 2.32. The summed E-state index contributed by atoms with van der Waals surface area (Å²) in [6.45, 7) is 1.92. The highest BCUT2D eigenvalue weighted by molar-refractivity contribution is 7.98. The first-order chi connectivity index (χ1) is 19.7. The molecule has 1 aromatic heterocycles. The Hall–Kier alpha value is -3.57. The van der Waals surface area contributed by atoms with Crippen LogP contribution in [0.5, 0.6) is 0 Å². The number of benzene rings is 4. The van der Waals surface area contributed by atoms with Crippen LogP contribution >= 0.6 is 23.4 Å². The molecule has 210 valence electrons. The summed E-state index contributed by atoms with van der Waals surface area (Å²) in [6, 6.07) is 24.8. The summed E-state index contributed by atoms with van der Waals surface area (Å²) in [5.41, 5.74) is 3.32. The number of aromatic nitrogens is 3. The molecule has 0 radical (unpaired) electrons. The lowest BCUT2D eigenvalue weighted by Gasteiger charge is -2.21. The van der Waals surface area contributed by atoms with E-state index in [1.165, 1.54) is 36.0 Å². The van der Waals surface area contributed by atoms with E-state index < -0.39 is 21.9 Å².